The quantitative estimate of drug-likeness (QED) is 0.492. The average Bonchev–Trinajstić information content (AvgIpc) is 2.69. The minimum atomic E-state index is -3.89. The fourth-order valence-corrected chi connectivity index (χ4v) is 5.26. The molecule has 2 aromatic rings. The molecule has 1 heterocycles. The standard InChI is InChI=1S/C17H14Cl3N3O5S/c18-11-1-3-15(20)16(9-11)29(27,28)22-7-5-21(6-8-22)17(24)13-10-12(23(25)26)2-4-14(13)19/h1-4,9-10H,5-8H2. The molecule has 3 rings (SSSR count). The molecule has 1 aliphatic heterocycles. The van der Waals surface area contributed by atoms with Gasteiger partial charge in [-0.2, -0.15) is 4.31 Å². The van der Waals surface area contributed by atoms with Crippen molar-refractivity contribution >= 4 is 56.4 Å². The molecule has 12 heteroatoms. The van der Waals surface area contributed by atoms with Crippen LogP contribution in [0.3, 0.4) is 0 Å². The van der Waals surface area contributed by atoms with Gasteiger partial charge < -0.3 is 4.90 Å². The number of carbonyl (C=O) groups is 1. The van der Waals surface area contributed by atoms with Gasteiger partial charge in [0.2, 0.25) is 10.0 Å². The number of carbonyl (C=O) groups excluding carboxylic acids is 1. The van der Waals surface area contributed by atoms with Crippen molar-refractivity contribution in [1.29, 1.82) is 0 Å². The number of piperazine rings is 1. The van der Waals surface area contributed by atoms with Crippen LogP contribution in [0.5, 0.6) is 0 Å². The van der Waals surface area contributed by atoms with E-state index in [-0.39, 0.29) is 57.4 Å². The van der Waals surface area contributed by atoms with Crippen molar-refractivity contribution in [1.82, 2.24) is 9.21 Å². The molecule has 0 N–H and O–H groups in total. The topological polar surface area (TPSA) is 101 Å². The van der Waals surface area contributed by atoms with Crippen molar-refractivity contribution < 1.29 is 18.1 Å². The number of nitrogens with zero attached hydrogens (tertiary/aromatic N) is 3. The van der Waals surface area contributed by atoms with Crippen molar-refractivity contribution in [2.75, 3.05) is 26.2 Å². The molecule has 1 aliphatic rings. The number of halogens is 3. The number of amides is 1. The van der Waals surface area contributed by atoms with Crippen LogP contribution >= 0.6 is 34.8 Å². The molecule has 8 nitrogen and oxygen atoms in total. The summed E-state index contributed by atoms with van der Waals surface area (Å²) in [4.78, 5) is 24.4. The number of hydrogen-bond donors (Lipinski definition) is 0. The number of sulfonamides is 1. The fraction of sp³-hybridized carbons (Fsp3) is 0.235. The molecule has 0 bridgehead atoms. The molecule has 0 unspecified atom stereocenters. The van der Waals surface area contributed by atoms with Gasteiger partial charge in [0, 0.05) is 43.3 Å². The summed E-state index contributed by atoms with van der Waals surface area (Å²) in [5.41, 5.74) is -0.260. The second-order valence-electron chi connectivity index (χ2n) is 6.19. The number of nitro groups is 1. The van der Waals surface area contributed by atoms with Crippen LogP contribution < -0.4 is 0 Å². The van der Waals surface area contributed by atoms with Crippen LogP contribution in [0.4, 0.5) is 5.69 Å². The van der Waals surface area contributed by atoms with Crippen molar-refractivity contribution in [3.63, 3.8) is 0 Å². The first-order valence-electron chi connectivity index (χ1n) is 8.29. The van der Waals surface area contributed by atoms with Crippen LogP contribution in [0.1, 0.15) is 10.4 Å². The van der Waals surface area contributed by atoms with E-state index >= 15 is 0 Å². The molecule has 2 aromatic carbocycles. The number of hydrogen-bond acceptors (Lipinski definition) is 5. The van der Waals surface area contributed by atoms with Crippen molar-refractivity contribution in [3.05, 3.63) is 67.1 Å². The molecule has 0 aliphatic carbocycles. The third-order valence-electron chi connectivity index (χ3n) is 4.43. The molecule has 0 atom stereocenters. The Kier molecular flexibility index (Phi) is 6.35. The Labute approximate surface area is 181 Å². The lowest BCUT2D eigenvalue weighted by molar-refractivity contribution is -0.384. The Bertz CT molecular complexity index is 1090. The minimum Gasteiger partial charge on any atom is -0.336 e. The van der Waals surface area contributed by atoms with Gasteiger partial charge >= 0.3 is 0 Å². The summed E-state index contributed by atoms with van der Waals surface area (Å²) in [6.45, 7) is 0.247. The van der Waals surface area contributed by atoms with Gasteiger partial charge in [0.05, 0.1) is 20.5 Å². The smallest absolute Gasteiger partial charge is 0.270 e. The van der Waals surface area contributed by atoms with E-state index in [4.69, 9.17) is 34.8 Å². The first-order chi connectivity index (χ1) is 13.6. The second kappa shape index (κ2) is 8.45. The van der Waals surface area contributed by atoms with E-state index in [1.165, 1.54) is 39.5 Å². The fourth-order valence-electron chi connectivity index (χ4n) is 2.91. The van der Waals surface area contributed by atoms with Crippen LogP contribution in [-0.4, -0.2) is 54.6 Å². The lowest BCUT2D eigenvalue weighted by atomic mass is 10.1. The SMILES string of the molecule is O=C(c1cc([N+](=O)[O-])ccc1Cl)N1CCN(S(=O)(=O)c2cc(Cl)ccc2Cl)CC1. The van der Waals surface area contributed by atoms with Gasteiger partial charge in [-0.1, -0.05) is 34.8 Å². The van der Waals surface area contributed by atoms with Gasteiger partial charge in [-0.15, -0.1) is 0 Å². The maximum absolute atomic E-state index is 12.9. The van der Waals surface area contributed by atoms with E-state index in [9.17, 15) is 23.3 Å². The van der Waals surface area contributed by atoms with Crippen LogP contribution in [-0.2, 0) is 10.0 Å². The van der Waals surface area contributed by atoms with Crippen LogP contribution in [0, 0.1) is 10.1 Å². The highest BCUT2D eigenvalue weighted by atomic mass is 35.5. The van der Waals surface area contributed by atoms with Gasteiger partial charge in [-0.25, -0.2) is 8.42 Å². The predicted molar refractivity (Wildman–Crippen MR) is 109 cm³/mol. The van der Waals surface area contributed by atoms with Crippen LogP contribution in [0.25, 0.3) is 0 Å². The molecular formula is C17H14Cl3N3O5S. The lowest BCUT2D eigenvalue weighted by Gasteiger charge is -2.34. The van der Waals surface area contributed by atoms with Gasteiger partial charge in [-0.3, -0.25) is 14.9 Å². The molecule has 154 valence electrons. The van der Waals surface area contributed by atoms with Crippen molar-refractivity contribution in [2.45, 2.75) is 4.90 Å². The molecule has 0 aromatic heterocycles. The van der Waals surface area contributed by atoms with Gasteiger partial charge in [-0.05, 0) is 24.3 Å². The monoisotopic (exact) mass is 477 g/mol. The summed E-state index contributed by atoms with van der Waals surface area (Å²) in [5.74, 6) is -0.503. The predicted octanol–water partition coefficient (Wildman–Crippen LogP) is 3.70. The van der Waals surface area contributed by atoms with E-state index in [2.05, 4.69) is 0 Å². The molecule has 0 saturated carbocycles. The zero-order valence-electron chi connectivity index (χ0n) is 14.7. The van der Waals surface area contributed by atoms with E-state index in [0.717, 1.165) is 6.07 Å². The zero-order valence-corrected chi connectivity index (χ0v) is 17.8. The van der Waals surface area contributed by atoms with Gasteiger partial charge in [0.15, 0.2) is 0 Å². The summed E-state index contributed by atoms with van der Waals surface area (Å²) in [7, 11) is -3.89. The number of rotatable bonds is 4. The molecule has 0 radical (unpaired) electrons. The third kappa shape index (κ3) is 4.49. The van der Waals surface area contributed by atoms with Crippen LogP contribution in [0.2, 0.25) is 15.1 Å². The zero-order chi connectivity index (χ0) is 21.3. The average molecular weight is 479 g/mol. The van der Waals surface area contributed by atoms with E-state index in [0.29, 0.717) is 0 Å². The van der Waals surface area contributed by atoms with E-state index < -0.39 is 20.9 Å². The van der Waals surface area contributed by atoms with Crippen molar-refractivity contribution in [2.24, 2.45) is 0 Å². The summed E-state index contributed by atoms with van der Waals surface area (Å²) in [5, 5.41) is 11.3. The molecule has 1 amide bonds. The van der Waals surface area contributed by atoms with E-state index in [1.54, 1.807) is 0 Å². The Morgan fingerprint density at radius 2 is 1.59 bits per heavy atom. The molecule has 1 fully saturated rings. The number of benzene rings is 2. The Morgan fingerprint density at radius 3 is 2.21 bits per heavy atom. The molecule has 0 spiro atoms. The molecule has 29 heavy (non-hydrogen) atoms. The summed E-state index contributed by atoms with van der Waals surface area (Å²) in [6, 6.07) is 7.77. The largest absolute Gasteiger partial charge is 0.336 e. The lowest BCUT2D eigenvalue weighted by Crippen LogP contribution is -2.50. The van der Waals surface area contributed by atoms with Gasteiger partial charge in [0.1, 0.15) is 4.90 Å². The second-order valence-corrected chi connectivity index (χ2v) is 9.35. The van der Waals surface area contributed by atoms with Crippen LogP contribution in [0.15, 0.2) is 41.3 Å². The normalized spacial score (nSPS) is 15.3. The number of nitro benzene ring substituents is 1. The van der Waals surface area contributed by atoms with E-state index in [1.807, 2.05) is 0 Å². The van der Waals surface area contributed by atoms with Crippen molar-refractivity contribution in [3.8, 4) is 0 Å². The molecular weight excluding hydrogens is 465 g/mol. The van der Waals surface area contributed by atoms with Gasteiger partial charge in [0.25, 0.3) is 11.6 Å². The summed E-state index contributed by atoms with van der Waals surface area (Å²) in [6.07, 6.45) is 0. The highest BCUT2D eigenvalue weighted by Gasteiger charge is 2.32. The Balaban J connectivity index is 1.77. The Hall–Kier alpha value is -1.91. The maximum Gasteiger partial charge on any atom is 0.270 e. The Morgan fingerprint density at radius 1 is 0.966 bits per heavy atom. The highest BCUT2D eigenvalue weighted by molar-refractivity contribution is 7.89. The maximum atomic E-state index is 12.9. The number of non-ortho nitro benzene ring substituents is 1. The summed E-state index contributed by atoms with van der Waals surface area (Å²) < 4.78 is 26.9. The third-order valence-corrected chi connectivity index (χ3v) is 7.37. The molecule has 1 saturated heterocycles. The first-order valence-corrected chi connectivity index (χ1v) is 10.9. The first kappa shape index (κ1) is 21.8. The minimum absolute atomic E-state index is 0.00457. The highest BCUT2D eigenvalue weighted by Crippen LogP contribution is 2.29. The summed E-state index contributed by atoms with van der Waals surface area (Å²) >= 11 is 17.9.